The molecule has 2 aromatic rings. The summed E-state index contributed by atoms with van der Waals surface area (Å²) in [7, 11) is 1.33. The average Bonchev–Trinajstić information content (AvgIpc) is 2.36. The lowest BCUT2D eigenvalue weighted by molar-refractivity contribution is -0.141. The van der Waals surface area contributed by atoms with Crippen LogP contribution < -0.4 is 4.74 Å². The van der Waals surface area contributed by atoms with Gasteiger partial charge in [0.15, 0.2) is 5.69 Å². The molecular weight excluding hydrogens is 315 g/mol. The first-order chi connectivity index (χ1) is 9.25. The van der Waals surface area contributed by atoms with Gasteiger partial charge in [-0.1, -0.05) is 0 Å². The van der Waals surface area contributed by atoms with Gasteiger partial charge in [-0.2, -0.15) is 13.2 Å². The van der Waals surface area contributed by atoms with Gasteiger partial charge in [-0.3, -0.25) is 0 Å². The van der Waals surface area contributed by atoms with Crippen molar-refractivity contribution in [3.8, 4) is 11.5 Å². The first-order valence-electron chi connectivity index (χ1n) is 5.27. The van der Waals surface area contributed by atoms with E-state index in [1.807, 2.05) is 0 Å². The minimum Gasteiger partial charge on any atom is -0.506 e. The van der Waals surface area contributed by atoms with Crippen molar-refractivity contribution in [1.82, 2.24) is 4.98 Å². The van der Waals surface area contributed by atoms with Gasteiger partial charge in [0.1, 0.15) is 17.1 Å². The number of aromatic hydroxyl groups is 1. The zero-order valence-corrected chi connectivity index (χ0v) is 11.2. The molecule has 21 heavy (non-hydrogen) atoms. The monoisotopic (exact) mass is 323 g/mol. The number of hydrogen-bond donors (Lipinski definition) is 2. The highest BCUT2D eigenvalue weighted by Crippen LogP contribution is 2.39. The highest BCUT2D eigenvalue weighted by atomic mass is 35.5. The number of rotatable bonds is 2. The summed E-state index contributed by atoms with van der Waals surface area (Å²) in [6.07, 6.45) is -4.99. The van der Waals surface area contributed by atoms with Crippen LogP contribution in [0.2, 0.25) is 0 Å². The largest absolute Gasteiger partial charge is 0.506 e. The fourth-order valence-electron chi connectivity index (χ4n) is 1.76. The van der Waals surface area contributed by atoms with Crippen LogP contribution in [0.4, 0.5) is 13.2 Å². The second kappa shape index (κ2) is 5.65. The molecule has 0 amide bonds. The Bertz CT molecular complexity index is 703. The van der Waals surface area contributed by atoms with E-state index in [-0.39, 0.29) is 29.1 Å². The first-order valence-corrected chi connectivity index (χ1v) is 5.27. The number of alkyl halides is 3. The lowest BCUT2D eigenvalue weighted by Crippen LogP contribution is -2.16. The molecule has 1 aromatic heterocycles. The molecule has 9 heteroatoms. The number of ether oxygens (including phenoxy) is 1. The highest BCUT2D eigenvalue weighted by molar-refractivity contribution is 6.00. The van der Waals surface area contributed by atoms with Crippen molar-refractivity contribution in [2.45, 2.75) is 6.18 Å². The molecule has 1 aromatic carbocycles. The molecule has 2 rings (SSSR count). The maximum absolute atomic E-state index is 12.8. The molecule has 0 radical (unpaired) electrons. The van der Waals surface area contributed by atoms with E-state index in [2.05, 4.69) is 4.98 Å². The number of pyridine rings is 1. The van der Waals surface area contributed by atoms with Crippen LogP contribution in [0.1, 0.15) is 16.1 Å². The summed E-state index contributed by atoms with van der Waals surface area (Å²) >= 11 is 0. The Hall–Kier alpha value is -2.22. The van der Waals surface area contributed by atoms with Crippen LogP contribution in [0.3, 0.4) is 0 Å². The van der Waals surface area contributed by atoms with Gasteiger partial charge in [-0.25, -0.2) is 9.78 Å². The molecule has 0 saturated carbocycles. The fourth-order valence-corrected chi connectivity index (χ4v) is 1.76. The number of carboxylic acids is 1. The molecule has 0 fully saturated rings. The third-order valence-corrected chi connectivity index (χ3v) is 2.65. The highest BCUT2D eigenvalue weighted by Gasteiger charge is 2.40. The maximum Gasteiger partial charge on any atom is 0.434 e. The van der Waals surface area contributed by atoms with Crippen LogP contribution in [0.5, 0.6) is 11.5 Å². The average molecular weight is 324 g/mol. The summed E-state index contributed by atoms with van der Waals surface area (Å²) < 4.78 is 43.3. The number of aromatic nitrogens is 1. The zero-order valence-electron chi connectivity index (χ0n) is 10.4. The Kier molecular flexibility index (Phi) is 4.52. The Balaban J connectivity index is 0.00000220. The summed E-state index contributed by atoms with van der Waals surface area (Å²) in [5.74, 6) is -2.65. The Morgan fingerprint density at radius 2 is 1.95 bits per heavy atom. The number of hydrogen-bond acceptors (Lipinski definition) is 4. The Morgan fingerprint density at radius 1 is 1.33 bits per heavy atom. The van der Waals surface area contributed by atoms with Crippen molar-refractivity contribution in [3.05, 3.63) is 29.5 Å². The van der Waals surface area contributed by atoms with E-state index < -0.39 is 29.2 Å². The van der Waals surface area contributed by atoms with Crippen LogP contribution in [-0.2, 0) is 6.18 Å². The molecule has 0 aliphatic rings. The molecule has 0 saturated heterocycles. The number of aromatic carboxylic acids is 1. The lowest BCUT2D eigenvalue weighted by Gasteiger charge is -2.13. The molecular formula is C12H9ClF3NO4. The summed E-state index contributed by atoms with van der Waals surface area (Å²) in [5, 5.41) is 18.5. The van der Waals surface area contributed by atoms with Crippen molar-refractivity contribution >= 4 is 29.3 Å². The number of carbonyl (C=O) groups is 1. The maximum atomic E-state index is 12.8. The van der Waals surface area contributed by atoms with Crippen molar-refractivity contribution in [2.75, 3.05) is 7.11 Å². The second-order valence-corrected chi connectivity index (χ2v) is 3.87. The number of fused-ring (bicyclic) bond motifs is 1. The minimum atomic E-state index is -4.99. The van der Waals surface area contributed by atoms with E-state index in [1.54, 1.807) is 0 Å². The second-order valence-electron chi connectivity index (χ2n) is 3.87. The predicted molar refractivity (Wildman–Crippen MR) is 69.2 cm³/mol. The molecule has 0 spiro atoms. The summed E-state index contributed by atoms with van der Waals surface area (Å²) in [6.45, 7) is 0. The van der Waals surface area contributed by atoms with Gasteiger partial charge in [0, 0.05) is 5.39 Å². The van der Waals surface area contributed by atoms with Crippen molar-refractivity contribution in [1.29, 1.82) is 0 Å². The number of nitrogens with zero attached hydrogens (tertiary/aromatic N) is 1. The summed E-state index contributed by atoms with van der Waals surface area (Å²) in [4.78, 5) is 14.2. The van der Waals surface area contributed by atoms with Gasteiger partial charge < -0.3 is 14.9 Å². The number of benzene rings is 1. The molecule has 0 bridgehead atoms. The zero-order chi connectivity index (χ0) is 15.1. The summed E-state index contributed by atoms with van der Waals surface area (Å²) in [6, 6.07) is 3.77. The molecule has 5 nitrogen and oxygen atoms in total. The van der Waals surface area contributed by atoms with E-state index in [4.69, 9.17) is 9.84 Å². The lowest BCUT2D eigenvalue weighted by atomic mass is 10.1. The van der Waals surface area contributed by atoms with E-state index in [9.17, 15) is 23.1 Å². The topological polar surface area (TPSA) is 79.7 Å². The van der Waals surface area contributed by atoms with Gasteiger partial charge in [0.05, 0.1) is 12.6 Å². The van der Waals surface area contributed by atoms with Crippen molar-refractivity contribution < 1.29 is 32.9 Å². The minimum absolute atomic E-state index is 0. The molecule has 1 heterocycles. The van der Waals surface area contributed by atoms with Gasteiger partial charge in [-0.15, -0.1) is 12.4 Å². The van der Waals surface area contributed by atoms with E-state index in [0.29, 0.717) is 0 Å². The standard InChI is InChI=1S/C12H8F3NO4.ClH/c1-20-5-2-3-7-6(4-5)9(17)8(11(18)19)10(16-7)12(13,14)15;/h2-4H,1H3,(H,16,17)(H,18,19);1H. The third kappa shape index (κ3) is 2.94. The summed E-state index contributed by atoms with van der Waals surface area (Å²) in [5.41, 5.74) is -3.10. The molecule has 0 unspecified atom stereocenters. The predicted octanol–water partition coefficient (Wildman–Crippen LogP) is 3.09. The quantitative estimate of drug-likeness (QED) is 0.887. The third-order valence-electron chi connectivity index (χ3n) is 2.65. The normalized spacial score (nSPS) is 11.0. The fraction of sp³-hybridized carbons (Fsp3) is 0.167. The van der Waals surface area contributed by atoms with Gasteiger partial charge in [-0.05, 0) is 18.2 Å². The van der Waals surface area contributed by atoms with Crippen molar-refractivity contribution in [2.24, 2.45) is 0 Å². The smallest absolute Gasteiger partial charge is 0.434 e. The molecule has 114 valence electrons. The van der Waals surface area contributed by atoms with Gasteiger partial charge >= 0.3 is 12.1 Å². The van der Waals surface area contributed by atoms with E-state index in [1.165, 1.54) is 25.3 Å². The van der Waals surface area contributed by atoms with Gasteiger partial charge in [0.2, 0.25) is 0 Å². The van der Waals surface area contributed by atoms with Gasteiger partial charge in [0.25, 0.3) is 0 Å². The Labute approximate surface area is 122 Å². The van der Waals surface area contributed by atoms with Crippen LogP contribution in [0, 0.1) is 0 Å². The molecule has 0 aliphatic heterocycles. The molecule has 2 N–H and O–H groups in total. The van der Waals surface area contributed by atoms with Crippen LogP contribution in [0.15, 0.2) is 18.2 Å². The first kappa shape index (κ1) is 16.8. The SMILES string of the molecule is COc1ccc2nc(C(F)(F)F)c(C(=O)O)c(O)c2c1.Cl. The van der Waals surface area contributed by atoms with Crippen molar-refractivity contribution in [3.63, 3.8) is 0 Å². The molecule has 0 atom stereocenters. The molecule has 0 aliphatic carbocycles. The van der Waals surface area contributed by atoms with E-state index in [0.717, 1.165) is 0 Å². The number of halogens is 4. The number of methoxy groups -OCH3 is 1. The van der Waals surface area contributed by atoms with Crippen LogP contribution >= 0.6 is 12.4 Å². The Morgan fingerprint density at radius 3 is 2.43 bits per heavy atom. The van der Waals surface area contributed by atoms with Crippen LogP contribution in [0.25, 0.3) is 10.9 Å². The number of carboxylic acid groups (broad SMARTS) is 1. The van der Waals surface area contributed by atoms with Crippen LogP contribution in [-0.4, -0.2) is 28.3 Å². The van der Waals surface area contributed by atoms with E-state index >= 15 is 0 Å².